The van der Waals surface area contributed by atoms with Crippen LogP contribution < -0.4 is 5.32 Å². The van der Waals surface area contributed by atoms with E-state index in [0.29, 0.717) is 5.76 Å². The van der Waals surface area contributed by atoms with E-state index in [1.807, 2.05) is 24.8 Å². The zero-order valence-electron chi connectivity index (χ0n) is 9.53. The lowest BCUT2D eigenvalue weighted by molar-refractivity contribution is 0.0622. The summed E-state index contributed by atoms with van der Waals surface area (Å²) in [5, 5.41) is 3.25. The molecule has 5 heteroatoms. The summed E-state index contributed by atoms with van der Waals surface area (Å²) in [5.74, 6) is 1.22. The van der Waals surface area contributed by atoms with Crippen molar-refractivity contribution in [1.82, 2.24) is 10.2 Å². The van der Waals surface area contributed by atoms with Crippen LogP contribution >= 0.6 is 12.4 Å². The number of nitrogens with zero attached hydrogens (tertiary/aromatic N) is 1. The van der Waals surface area contributed by atoms with Gasteiger partial charge in [-0.05, 0) is 26.0 Å². The molecule has 4 nitrogen and oxygen atoms in total. The average Bonchev–Trinajstić information content (AvgIpc) is 2.65. The Labute approximate surface area is 101 Å². The lowest BCUT2D eigenvalue weighted by atomic mass is 10.2. The number of nitrogens with one attached hydrogen (secondary N) is 1. The van der Waals surface area contributed by atoms with Crippen molar-refractivity contribution in [2.75, 3.05) is 19.6 Å². The van der Waals surface area contributed by atoms with E-state index in [4.69, 9.17) is 4.42 Å². The molecule has 0 aliphatic carbocycles. The number of furan rings is 1. The first-order valence-electron chi connectivity index (χ1n) is 5.26. The molecule has 1 aromatic heterocycles. The van der Waals surface area contributed by atoms with Crippen molar-refractivity contribution in [1.29, 1.82) is 0 Å². The van der Waals surface area contributed by atoms with E-state index in [-0.39, 0.29) is 24.4 Å². The minimum Gasteiger partial charge on any atom is -0.456 e. The van der Waals surface area contributed by atoms with E-state index in [0.717, 1.165) is 25.4 Å². The Bertz CT molecular complexity index is 365. The van der Waals surface area contributed by atoms with Gasteiger partial charge in [-0.3, -0.25) is 4.79 Å². The molecule has 0 unspecified atom stereocenters. The Morgan fingerprint density at radius 2 is 2.31 bits per heavy atom. The lowest BCUT2D eigenvalue weighted by Crippen LogP contribution is -2.52. The minimum absolute atomic E-state index is 0. The molecule has 0 saturated carbocycles. The molecule has 1 amide bonds. The molecule has 90 valence electrons. The van der Waals surface area contributed by atoms with E-state index < -0.39 is 0 Å². The largest absolute Gasteiger partial charge is 0.456 e. The van der Waals surface area contributed by atoms with Gasteiger partial charge in [-0.2, -0.15) is 0 Å². The van der Waals surface area contributed by atoms with Gasteiger partial charge in [-0.15, -0.1) is 12.4 Å². The normalized spacial score (nSPS) is 20.4. The van der Waals surface area contributed by atoms with Crippen molar-refractivity contribution in [2.45, 2.75) is 19.9 Å². The van der Waals surface area contributed by atoms with E-state index in [2.05, 4.69) is 5.32 Å². The van der Waals surface area contributed by atoms with Crippen molar-refractivity contribution in [3.63, 3.8) is 0 Å². The van der Waals surface area contributed by atoms with Crippen molar-refractivity contribution >= 4 is 18.3 Å². The molecule has 1 aliphatic heterocycles. The highest BCUT2D eigenvalue weighted by atomic mass is 35.5. The van der Waals surface area contributed by atoms with Gasteiger partial charge < -0.3 is 14.6 Å². The Kier molecular flexibility index (Phi) is 4.38. The molecular formula is C11H17ClN2O2. The standard InChI is InChI=1S/C11H16N2O2.ClH/c1-8-7-12-5-6-13(8)11(14)10-4-3-9(2)15-10;/h3-4,8,12H,5-7H2,1-2H3;1H/t8-;/m0./s1. The topological polar surface area (TPSA) is 45.5 Å². The first-order valence-corrected chi connectivity index (χ1v) is 5.26. The summed E-state index contributed by atoms with van der Waals surface area (Å²) in [6.07, 6.45) is 0. The SMILES string of the molecule is Cc1ccc(C(=O)N2CCNC[C@@H]2C)o1.Cl. The molecule has 2 heterocycles. The number of aryl methyl sites for hydroxylation is 1. The molecule has 1 fully saturated rings. The van der Waals surface area contributed by atoms with E-state index in [9.17, 15) is 4.79 Å². The lowest BCUT2D eigenvalue weighted by Gasteiger charge is -2.33. The van der Waals surface area contributed by atoms with Crippen LogP contribution in [0.1, 0.15) is 23.2 Å². The fourth-order valence-electron chi connectivity index (χ4n) is 1.83. The van der Waals surface area contributed by atoms with Gasteiger partial charge >= 0.3 is 0 Å². The maximum absolute atomic E-state index is 12.0. The molecule has 1 saturated heterocycles. The van der Waals surface area contributed by atoms with Crippen LogP contribution in [0.5, 0.6) is 0 Å². The first-order chi connectivity index (χ1) is 7.18. The predicted octanol–water partition coefficient (Wildman–Crippen LogP) is 1.44. The number of hydrogen-bond donors (Lipinski definition) is 1. The van der Waals surface area contributed by atoms with Crippen LogP contribution in [-0.2, 0) is 0 Å². The Morgan fingerprint density at radius 1 is 1.56 bits per heavy atom. The van der Waals surface area contributed by atoms with Crippen LogP contribution in [0.4, 0.5) is 0 Å². The van der Waals surface area contributed by atoms with Crippen molar-refractivity contribution < 1.29 is 9.21 Å². The summed E-state index contributed by atoms with van der Waals surface area (Å²) in [5.41, 5.74) is 0. The van der Waals surface area contributed by atoms with Crippen LogP contribution in [-0.4, -0.2) is 36.5 Å². The number of piperazine rings is 1. The monoisotopic (exact) mass is 244 g/mol. The fraction of sp³-hybridized carbons (Fsp3) is 0.545. The van der Waals surface area contributed by atoms with Crippen molar-refractivity contribution in [3.8, 4) is 0 Å². The molecule has 2 rings (SSSR count). The number of halogens is 1. The smallest absolute Gasteiger partial charge is 0.289 e. The third-order valence-corrected chi connectivity index (χ3v) is 2.71. The number of carbonyl (C=O) groups excluding carboxylic acids is 1. The van der Waals surface area contributed by atoms with E-state index >= 15 is 0 Å². The highest BCUT2D eigenvalue weighted by Crippen LogP contribution is 2.12. The molecule has 1 aliphatic rings. The average molecular weight is 245 g/mol. The van der Waals surface area contributed by atoms with Gasteiger partial charge in [0.05, 0.1) is 0 Å². The van der Waals surface area contributed by atoms with Crippen LogP contribution in [0.3, 0.4) is 0 Å². The molecule has 0 spiro atoms. The predicted molar refractivity (Wildman–Crippen MR) is 64.1 cm³/mol. The van der Waals surface area contributed by atoms with Gasteiger partial charge in [0.15, 0.2) is 5.76 Å². The quantitative estimate of drug-likeness (QED) is 0.813. The highest BCUT2D eigenvalue weighted by Gasteiger charge is 2.25. The maximum atomic E-state index is 12.0. The molecule has 1 atom stereocenters. The molecule has 16 heavy (non-hydrogen) atoms. The zero-order chi connectivity index (χ0) is 10.8. The van der Waals surface area contributed by atoms with Crippen LogP contribution in [0.25, 0.3) is 0 Å². The van der Waals surface area contributed by atoms with E-state index in [1.54, 1.807) is 6.07 Å². The highest BCUT2D eigenvalue weighted by molar-refractivity contribution is 5.91. The molecular weight excluding hydrogens is 228 g/mol. The Morgan fingerprint density at radius 3 is 2.88 bits per heavy atom. The number of rotatable bonds is 1. The van der Waals surface area contributed by atoms with Gasteiger partial charge in [0, 0.05) is 25.7 Å². The minimum atomic E-state index is -0.00269. The third kappa shape index (κ3) is 2.57. The fourth-order valence-corrected chi connectivity index (χ4v) is 1.83. The maximum Gasteiger partial charge on any atom is 0.289 e. The van der Waals surface area contributed by atoms with Gasteiger partial charge in [0.2, 0.25) is 0 Å². The molecule has 0 bridgehead atoms. The zero-order valence-corrected chi connectivity index (χ0v) is 10.3. The number of hydrogen-bond acceptors (Lipinski definition) is 3. The van der Waals surface area contributed by atoms with Gasteiger partial charge in [0.25, 0.3) is 5.91 Å². The summed E-state index contributed by atoms with van der Waals surface area (Å²) in [7, 11) is 0. The van der Waals surface area contributed by atoms with Gasteiger partial charge in [-0.25, -0.2) is 0 Å². The Hall–Kier alpha value is -1.00. The second kappa shape index (κ2) is 5.37. The van der Waals surface area contributed by atoms with Crippen LogP contribution in [0, 0.1) is 6.92 Å². The second-order valence-electron chi connectivity index (χ2n) is 3.96. The van der Waals surface area contributed by atoms with Gasteiger partial charge in [-0.1, -0.05) is 0 Å². The summed E-state index contributed by atoms with van der Waals surface area (Å²) >= 11 is 0. The second-order valence-corrected chi connectivity index (χ2v) is 3.96. The van der Waals surface area contributed by atoms with Gasteiger partial charge in [0.1, 0.15) is 5.76 Å². The molecule has 1 N–H and O–H groups in total. The van der Waals surface area contributed by atoms with Crippen LogP contribution in [0.2, 0.25) is 0 Å². The summed E-state index contributed by atoms with van der Waals surface area (Å²) in [6, 6.07) is 3.80. The molecule has 1 aromatic rings. The third-order valence-electron chi connectivity index (χ3n) is 2.71. The first kappa shape index (κ1) is 13.1. The van der Waals surface area contributed by atoms with Crippen molar-refractivity contribution in [3.05, 3.63) is 23.7 Å². The Balaban J connectivity index is 0.00000128. The van der Waals surface area contributed by atoms with Crippen molar-refractivity contribution in [2.24, 2.45) is 0 Å². The van der Waals surface area contributed by atoms with Crippen LogP contribution in [0.15, 0.2) is 16.5 Å². The summed E-state index contributed by atoms with van der Waals surface area (Å²) < 4.78 is 5.34. The molecule has 0 aromatic carbocycles. The number of amides is 1. The molecule has 0 radical (unpaired) electrons. The summed E-state index contributed by atoms with van der Waals surface area (Å²) in [6.45, 7) is 6.35. The summed E-state index contributed by atoms with van der Waals surface area (Å²) in [4.78, 5) is 13.9. The van der Waals surface area contributed by atoms with E-state index in [1.165, 1.54) is 0 Å². The number of carbonyl (C=O) groups is 1.